The molecule has 0 spiro atoms. The van der Waals surface area contributed by atoms with Crippen LogP contribution in [0.5, 0.6) is 0 Å². The first-order chi connectivity index (χ1) is 13.7. The lowest BCUT2D eigenvalue weighted by Gasteiger charge is -2.39. The first-order valence-corrected chi connectivity index (χ1v) is 11.7. The van der Waals surface area contributed by atoms with Crippen molar-refractivity contribution in [2.45, 2.75) is 45.8 Å². The molecule has 0 bridgehead atoms. The Morgan fingerprint density at radius 2 is 1.76 bits per heavy atom. The van der Waals surface area contributed by atoms with Gasteiger partial charge in [0.1, 0.15) is 0 Å². The van der Waals surface area contributed by atoms with E-state index >= 15 is 0 Å². The molecule has 2 saturated heterocycles. The van der Waals surface area contributed by atoms with Crippen molar-refractivity contribution in [1.29, 1.82) is 0 Å². The molecule has 2 fully saturated rings. The van der Waals surface area contributed by atoms with Gasteiger partial charge in [0.15, 0.2) is 0 Å². The second-order valence-corrected chi connectivity index (χ2v) is 10.1. The number of rotatable bonds is 5. The number of urea groups is 1. The van der Waals surface area contributed by atoms with E-state index in [1.54, 1.807) is 4.31 Å². The lowest BCUT2D eigenvalue weighted by atomic mass is 10.00. The van der Waals surface area contributed by atoms with Crippen LogP contribution in [0.2, 0.25) is 0 Å². The molecule has 3 unspecified atom stereocenters. The molecule has 9 heteroatoms. The number of aryl methyl sites for hydroxylation is 1. The van der Waals surface area contributed by atoms with Crippen LogP contribution in [-0.4, -0.2) is 68.0 Å². The Labute approximate surface area is 173 Å². The molecular formula is C20H32N4O4S. The first-order valence-electron chi connectivity index (χ1n) is 10.3. The minimum absolute atomic E-state index is 0.0955. The second kappa shape index (κ2) is 9.42. The quantitative estimate of drug-likeness (QED) is 0.758. The van der Waals surface area contributed by atoms with Crippen molar-refractivity contribution in [2.24, 2.45) is 5.92 Å². The lowest BCUT2D eigenvalue weighted by molar-refractivity contribution is -0.0457. The number of morpholine rings is 1. The summed E-state index contributed by atoms with van der Waals surface area (Å²) in [4.78, 5) is 12.2. The monoisotopic (exact) mass is 424 g/mol. The highest BCUT2D eigenvalue weighted by Gasteiger charge is 2.37. The van der Waals surface area contributed by atoms with Crippen molar-refractivity contribution in [2.75, 3.05) is 38.0 Å². The summed E-state index contributed by atoms with van der Waals surface area (Å²) in [6.07, 6.45) is 1.47. The maximum Gasteiger partial charge on any atom is 0.319 e. The zero-order chi connectivity index (χ0) is 21.0. The summed E-state index contributed by atoms with van der Waals surface area (Å²) in [6, 6.07) is 7.31. The van der Waals surface area contributed by atoms with Crippen molar-refractivity contribution in [3.63, 3.8) is 0 Å². The van der Waals surface area contributed by atoms with E-state index in [2.05, 4.69) is 10.6 Å². The van der Waals surface area contributed by atoms with Crippen LogP contribution < -0.4 is 10.6 Å². The zero-order valence-corrected chi connectivity index (χ0v) is 18.2. The summed E-state index contributed by atoms with van der Waals surface area (Å²) < 4.78 is 34.9. The average Bonchev–Trinajstić information content (AvgIpc) is 2.68. The number of anilines is 1. The highest BCUT2D eigenvalue weighted by molar-refractivity contribution is 7.86. The number of carbonyl (C=O) groups is 1. The summed E-state index contributed by atoms with van der Waals surface area (Å²) in [7, 11) is -3.52. The van der Waals surface area contributed by atoms with Gasteiger partial charge in [-0.15, -0.1) is 0 Å². The van der Waals surface area contributed by atoms with Gasteiger partial charge in [-0.2, -0.15) is 17.0 Å². The molecule has 0 radical (unpaired) electrons. The first kappa shape index (κ1) is 22.0. The molecular weight excluding hydrogens is 392 g/mol. The van der Waals surface area contributed by atoms with E-state index in [0.29, 0.717) is 32.7 Å². The number of nitrogens with one attached hydrogen (secondary N) is 2. The molecule has 0 aromatic heterocycles. The van der Waals surface area contributed by atoms with Gasteiger partial charge in [-0.05, 0) is 51.7 Å². The van der Waals surface area contributed by atoms with Crippen LogP contribution in [0, 0.1) is 12.8 Å². The van der Waals surface area contributed by atoms with Gasteiger partial charge in [0.05, 0.1) is 12.2 Å². The van der Waals surface area contributed by atoms with Crippen LogP contribution in [0.4, 0.5) is 10.5 Å². The fourth-order valence-corrected chi connectivity index (χ4v) is 5.82. The molecule has 29 heavy (non-hydrogen) atoms. The Morgan fingerprint density at radius 3 is 2.41 bits per heavy atom. The van der Waals surface area contributed by atoms with Gasteiger partial charge in [0.2, 0.25) is 0 Å². The van der Waals surface area contributed by atoms with Crippen LogP contribution in [0.25, 0.3) is 0 Å². The van der Waals surface area contributed by atoms with Gasteiger partial charge < -0.3 is 15.4 Å². The molecule has 2 aliphatic rings. The van der Waals surface area contributed by atoms with E-state index in [-0.39, 0.29) is 24.2 Å². The molecule has 3 rings (SSSR count). The molecule has 2 amide bonds. The average molecular weight is 425 g/mol. The largest absolute Gasteiger partial charge is 0.373 e. The third kappa shape index (κ3) is 5.91. The van der Waals surface area contributed by atoms with Crippen LogP contribution in [0.15, 0.2) is 24.3 Å². The van der Waals surface area contributed by atoms with Crippen LogP contribution in [0.1, 0.15) is 32.3 Å². The number of hydrogen-bond acceptors (Lipinski definition) is 4. The minimum atomic E-state index is -3.52. The van der Waals surface area contributed by atoms with Crippen molar-refractivity contribution in [3.05, 3.63) is 29.8 Å². The molecule has 2 aliphatic heterocycles. The Bertz CT molecular complexity index is 789. The summed E-state index contributed by atoms with van der Waals surface area (Å²) in [5.41, 5.74) is 1.86. The van der Waals surface area contributed by atoms with Crippen molar-refractivity contribution in [1.82, 2.24) is 13.9 Å². The molecule has 0 aliphatic carbocycles. The van der Waals surface area contributed by atoms with Crippen LogP contribution in [0.3, 0.4) is 0 Å². The Morgan fingerprint density at radius 1 is 1.10 bits per heavy atom. The van der Waals surface area contributed by atoms with Gasteiger partial charge >= 0.3 is 6.03 Å². The zero-order valence-electron chi connectivity index (χ0n) is 17.4. The summed E-state index contributed by atoms with van der Waals surface area (Å²) in [6.45, 7) is 7.93. The molecule has 8 nitrogen and oxygen atoms in total. The van der Waals surface area contributed by atoms with Crippen molar-refractivity contribution < 1.29 is 17.9 Å². The van der Waals surface area contributed by atoms with E-state index < -0.39 is 10.2 Å². The summed E-state index contributed by atoms with van der Waals surface area (Å²) >= 11 is 0. The van der Waals surface area contributed by atoms with E-state index in [0.717, 1.165) is 24.1 Å². The normalized spacial score (nSPS) is 26.8. The number of ether oxygens (including phenoxy) is 1. The van der Waals surface area contributed by atoms with Gasteiger partial charge in [-0.3, -0.25) is 0 Å². The predicted molar refractivity (Wildman–Crippen MR) is 113 cm³/mol. The number of carbonyl (C=O) groups excluding carboxylic acids is 1. The van der Waals surface area contributed by atoms with Crippen LogP contribution >= 0.6 is 0 Å². The summed E-state index contributed by atoms with van der Waals surface area (Å²) in [5.74, 6) is 0.0955. The predicted octanol–water partition coefficient (Wildman–Crippen LogP) is 2.18. The Balaban J connectivity index is 1.52. The third-order valence-corrected chi connectivity index (χ3v) is 7.32. The number of amides is 2. The molecule has 3 atom stereocenters. The molecule has 162 valence electrons. The number of benzene rings is 1. The van der Waals surface area contributed by atoms with Gasteiger partial charge in [0.25, 0.3) is 10.2 Å². The lowest BCUT2D eigenvalue weighted by Crippen LogP contribution is -2.55. The minimum Gasteiger partial charge on any atom is -0.373 e. The van der Waals surface area contributed by atoms with E-state index in [1.807, 2.05) is 45.0 Å². The molecule has 0 saturated carbocycles. The number of piperidine rings is 1. The van der Waals surface area contributed by atoms with Gasteiger partial charge in [0, 0.05) is 38.4 Å². The maximum atomic E-state index is 13.1. The highest BCUT2D eigenvalue weighted by Crippen LogP contribution is 2.23. The Hall–Kier alpha value is -1.68. The highest BCUT2D eigenvalue weighted by atomic mass is 32.2. The third-order valence-electron chi connectivity index (χ3n) is 5.38. The van der Waals surface area contributed by atoms with Crippen LogP contribution in [-0.2, 0) is 14.9 Å². The summed E-state index contributed by atoms with van der Waals surface area (Å²) in [5, 5.41) is 5.68. The molecule has 1 aromatic carbocycles. The molecule has 2 heterocycles. The Kier molecular flexibility index (Phi) is 7.15. The number of hydrogen-bond donors (Lipinski definition) is 2. The fraction of sp³-hybridized carbons (Fsp3) is 0.650. The van der Waals surface area contributed by atoms with Crippen molar-refractivity contribution >= 4 is 21.9 Å². The van der Waals surface area contributed by atoms with E-state index in [4.69, 9.17) is 4.74 Å². The fourth-order valence-electron chi connectivity index (χ4n) is 3.93. The molecule has 2 N–H and O–H groups in total. The van der Waals surface area contributed by atoms with E-state index in [1.165, 1.54) is 4.31 Å². The van der Waals surface area contributed by atoms with Crippen molar-refractivity contribution in [3.8, 4) is 0 Å². The van der Waals surface area contributed by atoms with Gasteiger partial charge in [-0.25, -0.2) is 4.79 Å². The van der Waals surface area contributed by atoms with Gasteiger partial charge in [-0.1, -0.05) is 17.7 Å². The second-order valence-electron chi connectivity index (χ2n) is 8.15. The SMILES string of the molecule is Cc1ccc(NC(=O)NCC2CCCN(S(=O)(=O)N3CC(C)OC(C)C3)C2)cc1. The molecule has 1 aromatic rings. The van der Waals surface area contributed by atoms with E-state index in [9.17, 15) is 13.2 Å². The maximum absolute atomic E-state index is 13.1. The topological polar surface area (TPSA) is 91.0 Å². The standard InChI is InChI=1S/C20H32N4O4S/c1-15-6-8-19(9-7-15)22-20(25)21-11-18-5-4-10-23(14-18)29(26,27)24-12-16(2)28-17(3)13-24/h6-9,16-18H,4-5,10-14H2,1-3H3,(H2,21,22,25). The smallest absolute Gasteiger partial charge is 0.319 e. The number of nitrogens with zero attached hydrogens (tertiary/aromatic N) is 2.